The molecule has 1 N–H and O–H groups in total. The van der Waals surface area contributed by atoms with Crippen LogP contribution in [-0.2, 0) is 4.74 Å². The molecule has 4 unspecified atom stereocenters. The van der Waals surface area contributed by atoms with Crippen molar-refractivity contribution in [2.75, 3.05) is 19.8 Å². The monoisotopic (exact) mass is 293 g/mol. The Labute approximate surface area is 119 Å². The first-order chi connectivity index (χ1) is 9.52. The third-order valence-electron chi connectivity index (χ3n) is 4.79. The summed E-state index contributed by atoms with van der Waals surface area (Å²) in [6.45, 7) is 4.43. The van der Waals surface area contributed by atoms with Crippen molar-refractivity contribution in [3.63, 3.8) is 0 Å². The van der Waals surface area contributed by atoms with Crippen LogP contribution in [-0.4, -0.2) is 32.0 Å². The van der Waals surface area contributed by atoms with E-state index >= 15 is 0 Å². The lowest BCUT2D eigenvalue weighted by atomic mass is 9.74. The van der Waals surface area contributed by atoms with E-state index in [0.29, 0.717) is 31.8 Å². The number of rotatable bonds is 5. The highest BCUT2D eigenvalue weighted by Gasteiger charge is 2.44. The van der Waals surface area contributed by atoms with Crippen LogP contribution in [0.3, 0.4) is 0 Å². The molecule has 0 aromatic carbocycles. The first kappa shape index (κ1) is 16.1. The lowest BCUT2D eigenvalue weighted by Crippen LogP contribution is -2.46. The lowest BCUT2D eigenvalue weighted by molar-refractivity contribution is -0.187. The first-order valence-corrected chi connectivity index (χ1v) is 7.90. The van der Waals surface area contributed by atoms with Gasteiger partial charge in [0.25, 0.3) is 0 Å². The van der Waals surface area contributed by atoms with Crippen molar-refractivity contribution in [2.45, 2.75) is 57.7 Å². The van der Waals surface area contributed by atoms with E-state index in [1.165, 1.54) is 0 Å². The molecular weight excluding hydrogens is 267 g/mol. The van der Waals surface area contributed by atoms with Gasteiger partial charge in [-0.3, -0.25) is 0 Å². The van der Waals surface area contributed by atoms with Crippen LogP contribution in [0, 0.1) is 17.8 Å². The largest absolute Gasteiger partial charge is 0.391 e. The Morgan fingerprint density at radius 1 is 1.20 bits per heavy atom. The Hall–Kier alpha value is -0.290. The highest BCUT2D eigenvalue weighted by molar-refractivity contribution is 4.90. The molecule has 2 rings (SSSR count). The summed E-state index contributed by atoms with van der Waals surface area (Å²) in [6.07, 6.45) is 0.189. The predicted molar refractivity (Wildman–Crippen MR) is 72.5 cm³/mol. The normalized spacial score (nSPS) is 33.3. The van der Waals surface area contributed by atoms with Gasteiger partial charge in [-0.15, -0.1) is 0 Å². The summed E-state index contributed by atoms with van der Waals surface area (Å²) in [5, 5.41) is 3.51. The zero-order valence-electron chi connectivity index (χ0n) is 12.2. The summed E-state index contributed by atoms with van der Waals surface area (Å²) in [4.78, 5) is 0. The molecule has 2 fully saturated rings. The van der Waals surface area contributed by atoms with E-state index in [9.17, 15) is 13.2 Å². The fourth-order valence-corrected chi connectivity index (χ4v) is 3.72. The van der Waals surface area contributed by atoms with Crippen LogP contribution in [0.15, 0.2) is 0 Å². The fourth-order valence-electron chi connectivity index (χ4n) is 3.72. The van der Waals surface area contributed by atoms with Crippen LogP contribution in [0.25, 0.3) is 0 Å². The van der Waals surface area contributed by atoms with Crippen molar-refractivity contribution in [3.8, 4) is 0 Å². The molecule has 0 aromatic rings. The highest BCUT2D eigenvalue weighted by Crippen LogP contribution is 2.42. The molecule has 2 nitrogen and oxygen atoms in total. The Balaban J connectivity index is 1.99. The fraction of sp³-hybridized carbons (Fsp3) is 1.00. The van der Waals surface area contributed by atoms with Gasteiger partial charge in [0, 0.05) is 18.6 Å². The molecule has 5 heteroatoms. The van der Waals surface area contributed by atoms with E-state index in [4.69, 9.17) is 4.74 Å². The lowest BCUT2D eigenvalue weighted by Gasteiger charge is -2.38. The van der Waals surface area contributed by atoms with E-state index in [1.54, 1.807) is 0 Å². The van der Waals surface area contributed by atoms with Gasteiger partial charge in [0.2, 0.25) is 0 Å². The molecule has 1 aliphatic heterocycles. The minimum atomic E-state index is -4.03. The summed E-state index contributed by atoms with van der Waals surface area (Å²) in [5.74, 6) is -0.568. The predicted octanol–water partition coefficient (Wildman–Crippen LogP) is 3.76. The van der Waals surface area contributed by atoms with Gasteiger partial charge in [-0.2, -0.15) is 13.2 Å². The molecule has 118 valence electrons. The highest BCUT2D eigenvalue weighted by atomic mass is 19.4. The van der Waals surface area contributed by atoms with E-state index in [1.807, 2.05) is 0 Å². The van der Waals surface area contributed by atoms with Crippen LogP contribution in [0.5, 0.6) is 0 Å². The number of hydrogen-bond acceptors (Lipinski definition) is 2. The number of nitrogens with one attached hydrogen (secondary N) is 1. The Morgan fingerprint density at radius 3 is 2.60 bits per heavy atom. The van der Waals surface area contributed by atoms with E-state index in [2.05, 4.69) is 12.2 Å². The van der Waals surface area contributed by atoms with Crippen LogP contribution < -0.4 is 5.32 Å². The second-order valence-corrected chi connectivity index (χ2v) is 6.27. The molecule has 1 heterocycles. The maximum atomic E-state index is 13.0. The molecule has 0 amide bonds. The zero-order valence-corrected chi connectivity index (χ0v) is 12.2. The second kappa shape index (κ2) is 7.12. The average Bonchev–Trinajstić information content (AvgIpc) is 2.92. The summed E-state index contributed by atoms with van der Waals surface area (Å²) in [7, 11) is 0. The molecular formula is C15H26F3NO. The van der Waals surface area contributed by atoms with Gasteiger partial charge >= 0.3 is 6.18 Å². The van der Waals surface area contributed by atoms with Gasteiger partial charge in [-0.1, -0.05) is 13.3 Å². The Kier molecular flexibility index (Phi) is 5.73. The van der Waals surface area contributed by atoms with Crippen molar-refractivity contribution in [2.24, 2.45) is 17.8 Å². The molecule has 1 saturated carbocycles. The van der Waals surface area contributed by atoms with E-state index in [0.717, 1.165) is 32.4 Å². The molecule has 1 aliphatic carbocycles. The summed E-state index contributed by atoms with van der Waals surface area (Å²) < 4.78 is 44.3. The Morgan fingerprint density at radius 2 is 2.00 bits per heavy atom. The van der Waals surface area contributed by atoms with Crippen molar-refractivity contribution < 1.29 is 17.9 Å². The summed E-state index contributed by atoms with van der Waals surface area (Å²) in [6, 6.07) is 0.197. The summed E-state index contributed by atoms with van der Waals surface area (Å²) >= 11 is 0. The molecule has 0 bridgehead atoms. The minimum Gasteiger partial charge on any atom is -0.381 e. The van der Waals surface area contributed by atoms with Crippen molar-refractivity contribution >= 4 is 0 Å². The number of ether oxygens (including phenoxy) is 1. The molecule has 20 heavy (non-hydrogen) atoms. The molecule has 4 atom stereocenters. The van der Waals surface area contributed by atoms with Gasteiger partial charge in [0.1, 0.15) is 0 Å². The second-order valence-electron chi connectivity index (χ2n) is 6.27. The minimum absolute atomic E-state index is 0.147. The molecule has 0 radical (unpaired) electrons. The van der Waals surface area contributed by atoms with E-state index in [-0.39, 0.29) is 12.0 Å². The zero-order chi connectivity index (χ0) is 14.6. The molecule has 2 aliphatic rings. The van der Waals surface area contributed by atoms with Gasteiger partial charge < -0.3 is 10.1 Å². The maximum absolute atomic E-state index is 13.0. The molecule has 0 spiro atoms. The van der Waals surface area contributed by atoms with Gasteiger partial charge in [-0.25, -0.2) is 0 Å². The SMILES string of the molecule is CCCNC(C1CCOC1)C1CCCC(C(F)(F)F)C1. The number of alkyl halides is 3. The quantitative estimate of drug-likeness (QED) is 0.833. The molecule has 0 aromatic heterocycles. The van der Waals surface area contributed by atoms with Crippen LogP contribution in [0.2, 0.25) is 0 Å². The van der Waals surface area contributed by atoms with Crippen LogP contribution in [0.1, 0.15) is 45.4 Å². The van der Waals surface area contributed by atoms with Gasteiger partial charge in [0.05, 0.1) is 12.5 Å². The van der Waals surface area contributed by atoms with Gasteiger partial charge in [-0.05, 0) is 44.6 Å². The smallest absolute Gasteiger partial charge is 0.381 e. The third-order valence-corrected chi connectivity index (χ3v) is 4.79. The number of hydrogen-bond donors (Lipinski definition) is 1. The maximum Gasteiger partial charge on any atom is 0.391 e. The van der Waals surface area contributed by atoms with Crippen LogP contribution >= 0.6 is 0 Å². The van der Waals surface area contributed by atoms with Crippen LogP contribution in [0.4, 0.5) is 13.2 Å². The standard InChI is InChI=1S/C15H26F3NO/c1-2-7-19-14(12-6-8-20-10-12)11-4-3-5-13(9-11)15(16,17)18/h11-14,19H,2-10H2,1H3. The number of halogens is 3. The Bertz CT molecular complexity index is 289. The first-order valence-electron chi connectivity index (χ1n) is 7.90. The third kappa shape index (κ3) is 4.10. The van der Waals surface area contributed by atoms with E-state index < -0.39 is 12.1 Å². The topological polar surface area (TPSA) is 21.3 Å². The van der Waals surface area contributed by atoms with Gasteiger partial charge in [0.15, 0.2) is 0 Å². The average molecular weight is 293 g/mol. The van der Waals surface area contributed by atoms with Crippen molar-refractivity contribution in [3.05, 3.63) is 0 Å². The molecule has 1 saturated heterocycles. The summed E-state index contributed by atoms with van der Waals surface area (Å²) in [5.41, 5.74) is 0. The van der Waals surface area contributed by atoms with Crippen molar-refractivity contribution in [1.82, 2.24) is 5.32 Å². The van der Waals surface area contributed by atoms with Crippen molar-refractivity contribution in [1.29, 1.82) is 0 Å².